The molecule has 0 saturated carbocycles. The molecule has 1 unspecified atom stereocenters. The average Bonchev–Trinajstić information content (AvgIpc) is 2.99. The molecule has 110 valence electrons. The highest BCUT2D eigenvalue weighted by Gasteiger charge is 2.16. The maximum absolute atomic E-state index is 13.3. The van der Waals surface area contributed by atoms with Crippen LogP contribution in [0.1, 0.15) is 12.0 Å². The lowest BCUT2D eigenvalue weighted by Crippen LogP contribution is -2.16. The van der Waals surface area contributed by atoms with Gasteiger partial charge in [-0.2, -0.15) is 0 Å². The largest absolute Gasteiger partial charge is 0.381 e. The highest BCUT2D eigenvalue weighted by Crippen LogP contribution is 2.21. The number of hydrogen-bond acceptors (Lipinski definition) is 4. The number of nitrogens with one attached hydrogen (secondary N) is 1. The Morgan fingerprint density at radius 1 is 1.33 bits per heavy atom. The Morgan fingerprint density at radius 2 is 2.24 bits per heavy atom. The highest BCUT2D eigenvalue weighted by atomic mass is 19.1. The SMILES string of the molecule is Cc1cc(-c2cccc(F)c2)nnc1NCC1CCOC1. The van der Waals surface area contributed by atoms with Crippen LogP contribution in [0.4, 0.5) is 10.2 Å². The first-order valence-electron chi connectivity index (χ1n) is 7.14. The summed E-state index contributed by atoms with van der Waals surface area (Å²) in [4.78, 5) is 0. The normalized spacial score (nSPS) is 17.9. The van der Waals surface area contributed by atoms with E-state index in [0.717, 1.165) is 43.1 Å². The summed E-state index contributed by atoms with van der Waals surface area (Å²) in [6.07, 6.45) is 1.08. The quantitative estimate of drug-likeness (QED) is 0.939. The Hall–Kier alpha value is -2.01. The summed E-state index contributed by atoms with van der Waals surface area (Å²) in [6, 6.07) is 8.31. The van der Waals surface area contributed by atoms with Gasteiger partial charge < -0.3 is 10.1 Å². The molecule has 1 atom stereocenters. The molecule has 0 radical (unpaired) electrons. The first kappa shape index (κ1) is 13.9. The van der Waals surface area contributed by atoms with Gasteiger partial charge in [0.1, 0.15) is 5.82 Å². The van der Waals surface area contributed by atoms with Gasteiger partial charge in [-0.15, -0.1) is 10.2 Å². The van der Waals surface area contributed by atoms with Gasteiger partial charge in [0.25, 0.3) is 0 Å². The lowest BCUT2D eigenvalue weighted by molar-refractivity contribution is 0.187. The van der Waals surface area contributed by atoms with Crippen molar-refractivity contribution in [3.8, 4) is 11.3 Å². The van der Waals surface area contributed by atoms with Crippen LogP contribution >= 0.6 is 0 Å². The number of rotatable bonds is 4. The van der Waals surface area contributed by atoms with Gasteiger partial charge in [0, 0.05) is 24.6 Å². The van der Waals surface area contributed by atoms with Crippen molar-refractivity contribution in [3.63, 3.8) is 0 Å². The van der Waals surface area contributed by atoms with Crippen LogP contribution in [-0.4, -0.2) is 30.0 Å². The van der Waals surface area contributed by atoms with Gasteiger partial charge in [0.05, 0.1) is 12.3 Å². The molecule has 1 aromatic carbocycles. The molecule has 0 amide bonds. The molecule has 2 heterocycles. The number of hydrogen-bond donors (Lipinski definition) is 1. The topological polar surface area (TPSA) is 47.0 Å². The van der Waals surface area contributed by atoms with Crippen molar-refractivity contribution in [2.24, 2.45) is 5.92 Å². The molecular weight excluding hydrogens is 269 g/mol. The molecule has 0 bridgehead atoms. The first-order valence-corrected chi connectivity index (χ1v) is 7.14. The van der Waals surface area contributed by atoms with Crippen LogP contribution in [0, 0.1) is 18.7 Å². The Labute approximate surface area is 123 Å². The van der Waals surface area contributed by atoms with Gasteiger partial charge in [-0.25, -0.2) is 4.39 Å². The zero-order valence-corrected chi connectivity index (χ0v) is 12.0. The Morgan fingerprint density at radius 3 is 2.95 bits per heavy atom. The van der Waals surface area contributed by atoms with Gasteiger partial charge >= 0.3 is 0 Å². The number of nitrogens with zero attached hydrogens (tertiary/aromatic N) is 2. The van der Waals surface area contributed by atoms with E-state index < -0.39 is 0 Å². The molecule has 0 spiro atoms. The van der Waals surface area contributed by atoms with E-state index >= 15 is 0 Å². The minimum absolute atomic E-state index is 0.268. The third-order valence-corrected chi connectivity index (χ3v) is 3.69. The highest BCUT2D eigenvalue weighted by molar-refractivity contribution is 5.61. The molecule has 0 aliphatic carbocycles. The van der Waals surface area contributed by atoms with Crippen molar-refractivity contribution < 1.29 is 9.13 Å². The van der Waals surface area contributed by atoms with Crippen LogP contribution in [0.2, 0.25) is 0 Å². The summed E-state index contributed by atoms with van der Waals surface area (Å²) < 4.78 is 18.6. The van der Waals surface area contributed by atoms with Crippen molar-refractivity contribution in [3.05, 3.63) is 41.7 Å². The monoisotopic (exact) mass is 287 g/mol. The predicted molar refractivity (Wildman–Crippen MR) is 79.6 cm³/mol. The maximum Gasteiger partial charge on any atom is 0.151 e. The number of ether oxygens (including phenoxy) is 1. The second-order valence-corrected chi connectivity index (χ2v) is 5.38. The fourth-order valence-electron chi connectivity index (χ4n) is 2.43. The molecular formula is C16H18FN3O. The van der Waals surface area contributed by atoms with E-state index in [0.29, 0.717) is 11.6 Å². The number of benzene rings is 1. The molecule has 5 heteroatoms. The molecule has 1 aliphatic rings. The minimum Gasteiger partial charge on any atom is -0.381 e. The maximum atomic E-state index is 13.3. The second-order valence-electron chi connectivity index (χ2n) is 5.38. The van der Waals surface area contributed by atoms with Crippen molar-refractivity contribution >= 4 is 5.82 Å². The summed E-state index contributed by atoms with van der Waals surface area (Å²) in [5, 5.41) is 11.7. The molecule has 1 aliphatic heterocycles. The minimum atomic E-state index is -0.268. The van der Waals surface area contributed by atoms with Gasteiger partial charge in [0.15, 0.2) is 5.82 Å². The molecule has 1 N–H and O–H groups in total. The first-order chi connectivity index (χ1) is 10.2. The van der Waals surface area contributed by atoms with E-state index in [1.807, 2.05) is 19.1 Å². The molecule has 1 aromatic heterocycles. The molecule has 4 nitrogen and oxygen atoms in total. The van der Waals surface area contributed by atoms with Crippen LogP contribution < -0.4 is 5.32 Å². The van der Waals surface area contributed by atoms with Gasteiger partial charge in [-0.1, -0.05) is 12.1 Å². The number of aryl methyl sites for hydroxylation is 1. The summed E-state index contributed by atoms with van der Waals surface area (Å²) in [6.45, 7) is 4.47. The summed E-state index contributed by atoms with van der Waals surface area (Å²) in [5.74, 6) is 1.05. The van der Waals surface area contributed by atoms with Crippen LogP contribution in [0.15, 0.2) is 30.3 Å². The van der Waals surface area contributed by atoms with Crippen molar-refractivity contribution in [1.82, 2.24) is 10.2 Å². The molecule has 1 fully saturated rings. The Kier molecular flexibility index (Phi) is 4.10. The molecule has 21 heavy (non-hydrogen) atoms. The van der Waals surface area contributed by atoms with Crippen LogP contribution in [0.25, 0.3) is 11.3 Å². The average molecular weight is 287 g/mol. The van der Waals surface area contributed by atoms with E-state index in [9.17, 15) is 4.39 Å². The third-order valence-electron chi connectivity index (χ3n) is 3.69. The lowest BCUT2D eigenvalue weighted by Gasteiger charge is -2.12. The number of halogens is 1. The van der Waals surface area contributed by atoms with E-state index in [4.69, 9.17) is 4.74 Å². The molecule has 1 saturated heterocycles. The fraction of sp³-hybridized carbons (Fsp3) is 0.375. The molecule has 3 rings (SSSR count). The number of aromatic nitrogens is 2. The van der Waals surface area contributed by atoms with Crippen molar-refractivity contribution in [1.29, 1.82) is 0 Å². The standard InChI is InChI=1S/C16H18FN3O/c1-11-7-15(13-3-2-4-14(17)8-13)19-20-16(11)18-9-12-5-6-21-10-12/h2-4,7-8,12H,5-6,9-10H2,1H3,(H,18,20). The van der Waals surface area contributed by atoms with E-state index in [1.54, 1.807) is 6.07 Å². The smallest absolute Gasteiger partial charge is 0.151 e. The fourth-order valence-corrected chi connectivity index (χ4v) is 2.43. The summed E-state index contributed by atoms with van der Waals surface area (Å²) >= 11 is 0. The lowest BCUT2D eigenvalue weighted by atomic mass is 10.1. The third kappa shape index (κ3) is 3.36. The van der Waals surface area contributed by atoms with Crippen molar-refractivity contribution in [2.75, 3.05) is 25.1 Å². The summed E-state index contributed by atoms with van der Waals surface area (Å²) in [5.41, 5.74) is 2.42. The van der Waals surface area contributed by atoms with E-state index in [2.05, 4.69) is 15.5 Å². The Balaban J connectivity index is 1.73. The van der Waals surface area contributed by atoms with Crippen LogP contribution in [0.3, 0.4) is 0 Å². The van der Waals surface area contributed by atoms with Crippen LogP contribution in [-0.2, 0) is 4.74 Å². The van der Waals surface area contributed by atoms with Crippen molar-refractivity contribution in [2.45, 2.75) is 13.3 Å². The number of anilines is 1. The predicted octanol–water partition coefficient (Wildman–Crippen LogP) is 3.04. The van der Waals surface area contributed by atoms with Crippen LogP contribution in [0.5, 0.6) is 0 Å². The second kappa shape index (κ2) is 6.18. The van der Waals surface area contributed by atoms with Gasteiger partial charge in [-0.3, -0.25) is 0 Å². The van der Waals surface area contributed by atoms with E-state index in [-0.39, 0.29) is 5.82 Å². The van der Waals surface area contributed by atoms with Gasteiger partial charge in [0.2, 0.25) is 0 Å². The summed E-state index contributed by atoms with van der Waals surface area (Å²) in [7, 11) is 0. The Bertz CT molecular complexity index is 627. The molecule has 2 aromatic rings. The zero-order chi connectivity index (χ0) is 14.7. The van der Waals surface area contributed by atoms with E-state index in [1.165, 1.54) is 12.1 Å². The van der Waals surface area contributed by atoms with Gasteiger partial charge in [-0.05, 0) is 37.1 Å². The zero-order valence-electron chi connectivity index (χ0n) is 12.0.